The van der Waals surface area contributed by atoms with Crippen LogP contribution in [0.3, 0.4) is 0 Å². The minimum atomic E-state index is -5.28. The Kier molecular flexibility index (Phi) is 7.14. The molecule has 6 aliphatic rings. The molecule has 5 nitrogen and oxygen atoms in total. The maximum absolute atomic E-state index is 14.2. The number of rotatable bonds is 5. The van der Waals surface area contributed by atoms with Crippen molar-refractivity contribution in [2.45, 2.75) is 128 Å². The topological polar surface area (TPSA) is 65.0 Å². The van der Waals surface area contributed by atoms with Crippen LogP contribution in [0.25, 0.3) is 0 Å². The van der Waals surface area contributed by atoms with Crippen LogP contribution in [0.4, 0.5) is 17.6 Å². The molecule has 4 bridgehead atoms. The van der Waals surface area contributed by atoms with Crippen LogP contribution in [0.15, 0.2) is 0 Å². The summed E-state index contributed by atoms with van der Waals surface area (Å²) in [7, 11) is 0. The van der Waals surface area contributed by atoms with E-state index >= 15 is 0 Å². The number of alkyl halides is 4. The van der Waals surface area contributed by atoms with Crippen molar-refractivity contribution in [1.29, 1.82) is 0 Å². The maximum atomic E-state index is 14.2. The number of fused-ring (bicyclic) bond motifs is 10. The number of esters is 1. The van der Waals surface area contributed by atoms with Gasteiger partial charge in [0, 0.05) is 18.8 Å². The van der Waals surface area contributed by atoms with Crippen molar-refractivity contribution in [2.75, 3.05) is 0 Å². The molecular formula is C31H46F4O5. The van der Waals surface area contributed by atoms with Crippen LogP contribution < -0.4 is 0 Å². The fourth-order valence-electron chi connectivity index (χ4n) is 10.3. The van der Waals surface area contributed by atoms with Crippen molar-refractivity contribution in [2.24, 2.45) is 59.2 Å². The Morgan fingerprint density at radius 3 is 1.98 bits per heavy atom. The summed E-state index contributed by atoms with van der Waals surface area (Å²) in [6.07, 6.45) is -0.406. The summed E-state index contributed by atoms with van der Waals surface area (Å²) in [5, 5.41) is 9.55. The smallest absolute Gasteiger partial charge is 0.448 e. The van der Waals surface area contributed by atoms with Crippen LogP contribution in [0.5, 0.6) is 0 Å². The molecule has 4 aliphatic carbocycles. The average molecular weight is 575 g/mol. The molecule has 15 atom stereocenters. The summed E-state index contributed by atoms with van der Waals surface area (Å²) >= 11 is 0. The third-order valence-electron chi connectivity index (χ3n) is 11.7. The lowest BCUT2D eigenvalue weighted by atomic mass is 9.67. The molecule has 0 amide bonds. The molecule has 0 aromatic carbocycles. The van der Waals surface area contributed by atoms with Crippen molar-refractivity contribution in [3.63, 3.8) is 0 Å². The fraction of sp³-hybridized carbons (Fsp3) is 0.968. The summed E-state index contributed by atoms with van der Waals surface area (Å²) < 4.78 is 72.6. The number of hydrogen-bond acceptors (Lipinski definition) is 5. The molecule has 6 rings (SSSR count). The third kappa shape index (κ3) is 5.01. The summed E-state index contributed by atoms with van der Waals surface area (Å²) in [4.78, 5) is 12.5. The standard InChI is InChI=1S/C31H46F4O5/c1-14-6-21-17-8-19(13-30(32,37)31(33,34)35)23(10-17)28(21)39-26(14)20-12-24-16-7-18(11-25(36)40-29(3,4)5)22(9-16)27(24)38-15(20)2/h14-24,26-28,37H,6-13H2,1-5H3. The van der Waals surface area contributed by atoms with E-state index in [1.807, 2.05) is 20.8 Å². The van der Waals surface area contributed by atoms with Gasteiger partial charge in [-0.15, -0.1) is 0 Å². The molecule has 6 fully saturated rings. The molecule has 15 unspecified atom stereocenters. The number of hydrogen-bond donors (Lipinski definition) is 1. The predicted molar refractivity (Wildman–Crippen MR) is 138 cm³/mol. The van der Waals surface area contributed by atoms with E-state index in [1.165, 1.54) is 0 Å². The Hall–Kier alpha value is -0.930. The lowest BCUT2D eigenvalue weighted by Gasteiger charge is -2.52. The van der Waals surface area contributed by atoms with E-state index in [4.69, 9.17) is 14.2 Å². The van der Waals surface area contributed by atoms with Crippen LogP contribution in [-0.2, 0) is 19.0 Å². The molecular weight excluding hydrogens is 528 g/mol. The zero-order valence-corrected chi connectivity index (χ0v) is 24.3. The van der Waals surface area contributed by atoms with Gasteiger partial charge < -0.3 is 19.3 Å². The van der Waals surface area contributed by atoms with Crippen LogP contribution in [0, 0.1) is 59.2 Å². The van der Waals surface area contributed by atoms with Crippen molar-refractivity contribution in [3.8, 4) is 0 Å². The average Bonchev–Trinajstić information content (AvgIpc) is 3.55. The number of aliphatic hydroxyl groups is 1. The molecule has 228 valence electrons. The lowest BCUT2D eigenvalue weighted by molar-refractivity contribution is -0.323. The number of ether oxygens (including phenoxy) is 3. The second kappa shape index (κ2) is 9.80. The first-order valence-corrected chi connectivity index (χ1v) is 15.5. The zero-order chi connectivity index (χ0) is 28.9. The minimum absolute atomic E-state index is 0.0117. The summed E-state index contributed by atoms with van der Waals surface area (Å²) in [5.74, 6) is -2.24. The largest absolute Gasteiger partial charge is 0.460 e. The van der Waals surface area contributed by atoms with Gasteiger partial charge in [-0.2, -0.15) is 13.2 Å². The van der Waals surface area contributed by atoms with E-state index in [2.05, 4.69) is 13.8 Å². The van der Waals surface area contributed by atoms with Gasteiger partial charge in [-0.3, -0.25) is 4.79 Å². The summed E-state index contributed by atoms with van der Waals surface area (Å²) in [6, 6.07) is 0. The fourth-order valence-corrected chi connectivity index (χ4v) is 10.3. The van der Waals surface area contributed by atoms with Gasteiger partial charge in [-0.1, -0.05) is 6.92 Å². The van der Waals surface area contributed by atoms with Gasteiger partial charge in [-0.05, 0) is 119 Å². The van der Waals surface area contributed by atoms with Crippen molar-refractivity contribution >= 4 is 5.97 Å². The van der Waals surface area contributed by atoms with E-state index in [1.54, 1.807) is 0 Å². The summed E-state index contributed by atoms with van der Waals surface area (Å²) in [6.45, 7) is 10.0. The molecule has 2 heterocycles. The molecule has 0 radical (unpaired) electrons. The molecule has 2 saturated heterocycles. The van der Waals surface area contributed by atoms with Gasteiger partial charge in [-0.25, -0.2) is 4.39 Å². The van der Waals surface area contributed by atoms with Gasteiger partial charge in [0.1, 0.15) is 5.60 Å². The molecule has 0 aromatic heterocycles. The molecule has 1 N–H and O–H groups in total. The molecule has 0 spiro atoms. The minimum Gasteiger partial charge on any atom is -0.460 e. The third-order valence-corrected chi connectivity index (χ3v) is 11.7. The Bertz CT molecular complexity index is 978. The van der Waals surface area contributed by atoms with Crippen LogP contribution in [0.2, 0.25) is 0 Å². The van der Waals surface area contributed by atoms with E-state index < -0.39 is 30.0 Å². The van der Waals surface area contributed by atoms with Gasteiger partial charge in [0.05, 0.1) is 24.4 Å². The number of carbonyl (C=O) groups is 1. The van der Waals surface area contributed by atoms with Crippen LogP contribution in [-0.4, -0.2) is 53.1 Å². The van der Waals surface area contributed by atoms with Gasteiger partial charge in [0.2, 0.25) is 0 Å². The van der Waals surface area contributed by atoms with Crippen molar-refractivity contribution in [3.05, 3.63) is 0 Å². The highest BCUT2D eigenvalue weighted by Crippen LogP contribution is 2.62. The maximum Gasteiger partial charge on any atom is 0.448 e. The monoisotopic (exact) mass is 574 g/mol. The highest BCUT2D eigenvalue weighted by molar-refractivity contribution is 5.70. The predicted octanol–water partition coefficient (Wildman–Crippen LogP) is 6.46. The van der Waals surface area contributed by atoms with E-state index in [9.17, 15) is 27.5 Å². The lowest BCUT2D eigenvalue weighted by Crippen LogP contribution is -2.54. The SMILES string of the molecule is CC1CC2C3CC(CC(O)(F)C(F)(F)F)C(C3)C2OC1C1CC2C3CC(CC(=O)OC(C)(C)C)C(C3)C2OC1C. The van der Waals surface area contributed by atoms with Gasteiger partial charge in [0.15, 0.2) is 0 Å². The Labute approximate surface area is 235 Å². The van der Waals surface area contributed by atoms with Gasteiger partial charge >= 0.3 is 18.0 Å². The van der Waals surface area contributed by atoms with Gasteiger partial charge in [0.25, 0.3) is 0 Å². The second-order valence-electron chi connectivity index (χ2n) is 15.4. The molecule has 2 aliphatic heterocycles. The Balaban J connectivity index is 1.10. The highest BCUT2D eigenvalue weighted by atomic mass is 19.4. The first-order chi connectivity index (χ1) is 18.5. The van der Waals surface area contributed by atoms with E-state index in [-0.39, 0.29) is 48.1 Å². The van der Waals surface area contributed by atoms with E-state index in [0.717, 1.165) is 32.1 Å². The quantitative estimate of drug-likeness (QED) is 0.302. The Morgan fingerprint density at radius 2 is 1.35 bits per heavy atom. The van der Waals surface area contributed by atoms with E-state index in [0.29, 0.717) is 48.3 Å². The first kappa shape index (κ1) is 29.2. The number of halogens is 4. The second-order valence-corrected chi connectivity index (χ2v) is 15.4. The molecule has 40 heavy (non-hydrogen) atoms. The molecule has 4 saturated carbocycles. The molecule has 9 heteroatoms. The number of carbonyl (C=O) groups excluding carboxylic acids is 1. The molecule has 0 aromatic rings. The van der Waals surface area contributed by atoms with Crippen LogP contribution in [0.1, 0.15) is 86.0 Å². The van der Waals surface area contributed by atoms with Crippen molar-refractivity contribution < 1.29 is 41.7 Å². The van der Waals surface area contributed by atoms with Crippen molar-refractivity contribution in [1.82, 2.24) is 0 Å². The first-order valence-electron chi connectivity index (χ1n) is 15.5. The Morgan fingerprint density at radius 1 is 0.775 bits per heavy atom. The zero-order valence-electron chi connectivity index (χ0n) is 24.3. The summed E-state index contributed by atoms with van der Waals surface area (Å²) in [5.41, 5.74) is -0.486. The normalized spacial score (nSPS) is 49.5. The highest BCUT2D eigenvalue weighted by Gasteiger charge is 2.63. The van der Waals surface area contributed by atoms with Crippen LogP contribution >= 0.6 is 0 Å².